The molecule has 90 valence electrons. The number of carbonyl (C=O) groups is 1. The van der Waals surface area contributed by atoms with Gasteiger partial charge in [-0.2, -0.15) is 5.06 Å². The van der Waals surface area contributed by atoms with E-state index < -0.39 is 11.1 Å². The summed E-state index contributed by atoms with van der Waals surface area (Å²) in [5.41, 5.74) is -1.18. The van der Waals surface area contributed by atoms with Crippen molar-refractivity contribution in [2.45, 2.75) is 48.4 Å². The van der Waals surface area contributed by atoms with Gasteiger partial charge in [0.1, 0.15) is 0 Å². The summed E-state index contributed by atoms with van der Waals surface area (Å²) >= 11 is 6.65. The Morgan fingerprint density at radius 2 is 1.40 bits per heavy atom. The van der Waals surface area contributed by atoms with E-state index in [-0.39, 0.29) is 32.4 Å². The molecule has 1 fully saturated rings. The van der Waals surface area contributed by atoms with E-state index in [9.17, 15) is 10.0 Å². The molecule has 0 radical (unpaired) electrons. The largest absolute Gasteiger partial charge is 0.313 e. The molecule has 0 bridgehead atoms. The first-order valence-electron chi connectivity index (χ1n) is 4.44. The molecule has 0 aliphatic carbocycles. The number of hydrogen-bond donors (Lipinski definition) is 1. The molecule has 1 N–H and O–H groups in total. The number of halogens is 3. The zero-order valence-corrected chi connectivity index (χ0v) is 14.0. The average Bonchev–Trinajstić information content (AvgIpc) is 2.11. The minimum absolute atomic E-state index is 0. The van der Waals surface area contributed by atoms with Crippen LogP contribution in [0, 0.1) is 0 Å². The summed E-state index contributed by atoms with van der Waals surface area (Å²) in [6.45, 7) is 7.35. The number of rotatable bonds is 0. The summed E-state index contributed by atoms with van der Waals surface area (Å²) in [5.74, 6) is 0.0744. The van der Waals surface area contributed by atoms with Gasteiger partial charge in [0.2, 0.25) is 0 Å². The Balaban J connectivity index is 0.00000196. The van der Waals surface area contributed by atoms with Gasteiger partial charge < -0.3 is 5.21 Å². The van der Waals surface area contributed by atoms with Crippen LogP contribution in [0.4, 0.5) is 0 Å². The number of alkyl halides is 2. The predicted octanol–water partition coefficient (Wildman–Crippen LogP) is 2.92. The van der Waals surface area contributed by atoms with Gasteiger partial charge in [-0.3, -0.25) is 4.79 Å². The van der Waals surface area contributed by atoms with Gasteiger partial charge in [0.15, 0.2) is 5.78 Å². The van der Waals surface area contributed by atoms with E-state index >= 15 is 0 Å². The molecule has 2 unspecified atom stereocenters. The first kappa shape index (κ1) is 16.0. The van der Waals surface area contributed by atoms with E-state index in [4.69, 9.17) is 0 Å². The van der Waals surface area contributed by atoms with Gasteiger partial charge in [-0.15, -0.1) is 17.0 Å². The second kappa shape index (κ2) is 4.72. The minimum Gasteiger partial charge on any atom is -0.313 e. The maximum absolute atomic E-state index is 11.9. The van der Waals surface area contributed by atoms with Gasteiger partial charge in [-0.05, 0) is 27.7 Å². The lowest BCUT2D eigenvalue weighted by Gasteiger charge is -2.52. The van der Waals surface area contributed by atoms with Crippen molar-refractivity contribution in [1.29, 1.82) is 0 Å². The third-order valence-electron chi connectivity index (χ3n) is 2.83. The van der Waals surface area contributed by atoms with Crippen molar-refractivity contribution in [3.63, 3.8) is 0 Å². The summed E-state index contributed by atoms with van der Waals surface area (Å²) in [5, 5.41) is 11.3. The van der Waals surface area contributed by atoms with Crippen molar-refractivity contribution in [2.75, 3.05) is 0 Å². The number of nitrogens with zero attached hydrogens (tertiary/aromatic N) is 1. The maximum atomic E-state index is 11.9. The average molecular weight is 410 g/mol. The molecule has 2 atom stereocenters. The lowest BCUT2D eigenvalue weighted by molar-refractivity contribution is -0.231. The van der Waals surface area contributed by atoms with Crippen LogP contribution in [0.15, 0.2) is 0 Å². The first-order chi connectivity index (χ1) is 6.13. The zero-order chi connectivity index (χ0) is 11.3. The second-order valence-corrected chi connectivity index (χ2v) is 6.58. The summed E-state index contributed by atoms with van der Waals surface area (Å²) < 4.78 is 0. The van der Waals surface area contributed by atoms with Gasteiger partial charge in [0.05, 0.1) is 20.7 Å². The van der Waals surface area contributed by atoms with Crippen molar-refractivity contribution in [3.05, 3.63) is 0 Å². The molecule has 15 heavy (non-hydrogen) atoms. The Bertz CT molecular complexity index is 244. The molecule has 1 heterocycles. The van der Waals surface area contributed by atoms with Crippen molar-refractivity contribution < 1.29 is 10.0 Å². The summed E-state index contributed by atoms with van der Waals surface area (Å²) in [4.78, 5) is 11.1. The molecule has 1 rings (SSSR count). The van der Waals surface area contributed by atoms with E-state index in [1.807, 2.05) is 27.7 Å². The van der Waals surface area contributed by atoms with Crippen LogP contribution < -0.4 is 0 Å². The lowest BCUT2D eigenvalue weighted by atomic mass is 9.81. The van der Waals surface area contributed by atoms with E-state index in [0.717, 1.165) is 0 Å². The Labute approximate surface area is 118 Å². The summed E-state index contributed by atoms with van der Waals surface area (Å²) in [6, 6.07) is 0. The lowest BCUT2D eigenvalue weighted by Crippen LogP contribution is -2.69. The van der Waals surface area contributed by atoms with Gasteiger partial charge in [0, 0.05) is 0 Å². The van der Waals surface area contributed by atoms with Gasteiger partial charge in [-0.1, -0.05) is 31.9 Å². The molecular formula is C9H16Br3NO2. The van der Waals surface area contributed by atoms with Crippen LogP contribution in [-0.4, -0.2) is 36.8 Å². The molecule has 1 aliphatic rings. The van der Waals surface area contributed by atoms with Crippen LogP contribution in [0.3, 0.4) is 0 Å². The maximum Gasteiger partial charge on any atom is 0.163 e. The minimum atomic E-state index is -0.592. The fourth-order valence-electron chi connectivity index (χ4n) is 1.78. The summed E-state index contributed by atoms with van der Waals surface area (Å²) in [6.07, 6.45) is 0. The Kier molecular flexibility index (Phi) is 5.05. The number of piperidine rings is 1. The summed E-state index contributed by atoms with van der Waals surface area (Å²) in [7, 11) is 0. The SMILES string of the molecule is Br.CC1(C)C(Br)C(=O)C(Br)C(C)(C)N1O. The third-order valence-corrected chi connectivity index (χ3v) is 5.98. The van der Waals surface area contributed by atoms with E-state index in [2.05, 4.69) is 31.9 Å². The van der Waals surface area contributed by atoms with Crippen molar-refractivity contribution >= 4 is 54.6 Å². The smallest absolute Gasteiger partial charge is 0.163 e. The fraction of sp³-hybridized carbons (Fsp3) is 0.889. The van der Waals surface area contributed by atoms with Crippen LogP contribution in [-0.2, 0) is 4.79 Å². The van der Waals surface area contributed by atoms with Crippen LogP contribution in [0.2, 0.25) is 0 Å². The molecule has 0 spiro atoms. The number of Topliss-reactive ketones (excluding diaryl/α,β-unsaturated/α-hetero) is 1. The quantitative estimate of drug-likeness (QED) is 0.625. The number of hydroxylamine groups is 2. The predicted molar refractivity (Wildman–Crippen MR) is 72.5 cm³/mol. The molecule has 1 aliphatic heterocycles. The molecule has 0 aromatic heterocycles. The number of carbonyl (C=O) groups excluding carboxylic acids is 1. The van der Waals surface area contributed by atoms with E-state index in [0.29, 0.717) is 0 Å². The fourth-order valence-corrected chi connectivity index (χ4v) is 3.05. The highest BCUT2D eigenvalue weighted by Gasteiger charge is 2.55. The van der Waals surface area contributed by atoms with Crippen molar-refractivity contribution in [3.8, 4) is 0 Å². The molecular weight excluding hydrogens is 394 g/mol. The molecule has 0 saturated carbocycles. The van der Waals surface area contributed by atoms with E-state index in [1.165, 1.54) is 5.06 Å². The highest BCUT2D eigenvalue weighted by molar-refractivity contribution is 9.10. The van der Waals surface area contributed by atoms with Crippen molar-refractivity contribution in [2.24, 2.45) is 0 Å². The van der Waals surface area contributed by atoms with Crippen LogP contribution in [0.1, 0.15) is 27.7 Å². The second-order valence-electron chi connectivity index (χ2n) is 4.75. The Hall–Kier alpha value is 1.03. The monoisotopic (exact) mass is 407 g/mol. The molecule has 0 aromatic rings. The standard InChI is InChI=1S/C9H15Br2NO2.BrH/c1-8(2)6(10)5(13)7(11)9(3,4)12(8)14;/h6-7,14H,1-4H3;1H. The molecule has 0 amide bonds. The number of ketones is 1. The third kappa shape index (κ3) is 2.34. The molecule has 1 saturated heterocycles. The Morgan fingerprint density at radius 3 is 1.67 bits per heavy atom. The molecule has 0 aromatic carbocycles. The van der Waals surface area contributed by atoms with Gasteiger partial charge in [0.25, 0.3) is 0 Å². The van der Waals surface area contributed by atoms with Gasteiger partial charge in [-0.25, -0.2) is 0 Å². The first-order valence-corrected chi connectivity index (χ1v) is 6.27. The topological polar surface area (TPSA) is 40.5 Å². The van der Waals surface area contributed by atoms with Crippen molar-refractivity contribution in [1.82, 2.24) is 5.06 Å². The highest BCUT2D eigenvalue weighted by Crippen LogP contribution is 2.41. The Morgan fingerprint density at radius 1 is 1.13 bits per heavy atom. The van der Waals surface area contributed by atoms with E-state index in [1.54, 1.807) is 0 Å². The molecule has 3 nitrogen and oxygen atoms in total. The van der Waals surface area contributed by atoms with Crippen LogP contribution in [0.5, 0.6) is 0 Å². The highest BCUT2D eigenvalue weighted by atomic mass is 79.9. The number of hydrogen-bond acceptors (Lipinski definition) is 3. The molecule has 6 heteroatoms. The van der Waals surface area contributed by atoms with Crippen LogP contribution >= 0.6 is 48.8 Å². The normalized spacial score (nSPS) is 34.7. The zero-order valence-electron chi connectivity index (χ0n) is 9.12. The van der Waals surface area contributed by atoms with Gasteiger partial charge >= 0.3 is 0 Å². The van der Waals surface area contributed by atoms with Crippen LogP contribution in [0.25, 0.3) is 0 Å².